The minimum Gasteiger partial charge on any atom is -0.390 e. The molecule has 3 N–H and O–H groups in total. The van der Waals surface area contributed by atoms with E-state index in [1.54, 1.807) is 36.5 Å². The molecule has 1 aromatic carbocycles. The molecule has 0 fully saturated rings. The molecule has 0 aliphatic heterocycles. The number of hydrogen-bond donors (Lipinski definition) is 2. The van der Waals surface area contributed by atoms with E-state index in [2.05, 4.69) is 9.98 Å². The van der Waals surface area contributed by atoms with Crippen LogP contribution in [0.15, 0.2) is 46.4 Å². The Hall–Kier alpha value is -1.76. The predicted octanol–water partition coefficient (Wildman–Crippen LogP) is 2.60. The molecule has 2 aromatic rings. The SMILES string of the molecule is NC=Nc1ccc(-c2cccnc2Cl)cc1S(=O)O. The molecule has 0 amide bonds. The van der Waals surface area contributed by atoms with Crippen molar-refractivity contribution in [1.82, 2.24) is 4.98 Å². The highest BCUT2D eigenvalue weighted by Gasteiger charge is 2.11. The lowest BCUT2D eigenvalue weighted by atomic mass is 10.1. The monoisotopic (exact) mass is 295 g/mol. The second kappa shape index (κ2) is 5.92. The van der Waals surface area contributed by atoms with Gasteiger partial charge in [-0.25, -0.2) is 14.2 Å². The van der Waals surface area contributed by atoms with Gasteiger partial charge in [0.1, 0.15) is 5.15 Å². The molecular weight excluding hydrogens is 286 g/mol. The van der Waals surface area contributed by atoms with Crippen LogP contribution in [0.5, 0.6) is 0 Å². The van der Waals surface area contributed by atoms with Crippen LogP contribution >= 0.6 is 11.6 Å². The number of rotatable bonds is 3. The molecule has 0 radical (unpaired) electrons. The van der Waals surface area contributed by atoms with Crippen LogP contribution in [0.3, 0.4) is 0 Å². The van der Waals surface area contributed by atoms with Crippen LogP contribution in [0.4, 0.5) is 5.69 Å². The van der Waals surface area contributed by atoms with Gasteiger partial charge in [0.2, 0.25) is 0 Å². The summed E-state index contributed by atoms with van der Waals surface area (Å²) in [6, 6.07) is 8.40. The lowest BCUT2D eigenvalue weighted by molar-refractivity contribution is 0.564. The first-order valence-electron chi connectivity index (χ1n) is 5.23. The molecule has 0 saturated heterocycles. The van der Waals surface area contributed by atoms with Crippen molar-refractivity contribution < 1.29 is 8.76 Å². The van der Waals surface area contributed by atoms with Gasteiger partial charge in [-0.2, -0.15) is 0 Å². The van der Waals surface area contributed by atoms with Gasteiger partial charge in [-0.05, 0) is 29.8 Å². The molecule has 1 heterocycles. The van der Waals surface area contributed by atoms with Gasteiger partial charge in [-0.15, -0.1) is 0 Å². The predicted molar refractivity (Wildman–Crippen MR) is 76.1 cm³/mol. The van der Waals surface area contributed by atoms with E-state index in [4.69, 9.17) is 17.3 Å². The van der Waals surface area contributed by atoms with Crippen LogP contribution in [0, 0.1) is 0 Å². The van der Waals surface area contributed by atoms with Crippen LogP contribution < -0.4 is 5.73 Å². The minimum atomic E-state index is -2.17. The van der Waals surface area contributed by atoms with E-state index in [0.29, 0.717) is 22.0 Å². The molecule has 2 rings (SSSR count). The number of halogens is 1. The number of nitrogens with two attached hydrogens (primary N) is 1. The summed E-state index contributed by atoms with van der Waals surface area (Å²) in [5.74, 6) is 0. The molecule has 0 aliphatic carbocycles. The number of nitrogens with zero attached hydrogens (tertiary/aromatic N) is 2. The second-order valence-corrected chi connectivity index (χ2v) is 4.85. The van der Waals surface area contributed by atoms with E-state index >= 15 is 0 Å². The second-order valence-electron chi connectivity index (χ2n) is 3.55. The normalized spacial score (nSPS) is 12.7. The molecule has 1 unspecified atom stereocenters. The average molecular weight is 296 g/mol. The summed E-state index contributed by atoms with van der Waals surface area (Å²) >= 11 is 3.83. The fourth-order valence-electron chi connectivity index (χ4n) is 1.61. The number of hydrogen-bond acceptors (Lipinski definition) is 3. The van der Waals surface area contributed by atoms with Gasteiger partial charge in [-0.1, -0.05) is 17.7 Å². The number of aromatic nitrogens is 1. The highest BCUT2D eigenvalue weighted by atomic mass is 35.5. The lowest BCUT2D eigenvalue weighted by Gasteiger charge is -2.07. The average Bonchev–Trinajstić information content (AvgIpc) is 2.40. The highest BCUT2D eigenvalue weighted by Crippen LogP contribution is 2.31. The van der Waals surface area contributed by atoms with Gasteiger partial charge in [0, 0.05) is 11.8 Å². The summed E-state index contributed by atoms with van der Waals surface area (Å²) in [5, 5.41) is 0.326. The molecule has 0 saturated carbocycles. The van der Waals surface area contributed by atoms with E-state index in [9.17, 15) is 8.76 Å². The van der Waals surface area contributed by atoms with E-state index < -0.39 is 11.1 Å². The molecule has 7 heteroatoms. The number of benzene rings is 1. The smallest absolute Gasteiger partial charge is 0.188 e. The first-order chi connectivity index (χ1) is 9.13. The summed E-state index contributed by atoms with van der Waals surface area (Å²) < 4.78 is 20.6. The topological polar surface area (TPSA) is 88.6 Å². The van der Waals surface area contributed by atoms with Gasteiger partial charge in [-0.3, -0.25) is 0 Å². The Bertz CT molecular complexity index is 661. The van der Waals surface area contributed by atoms with E-state index in [0.717, 1.165) is 6.34 Å². The first-order valence-corrected chi connectivity index (χ1v) is 6.72. The molecule has 1 aromatic heterocycles. The highest BCUT2D eigenvalue weighted by molar-refractivity contribution is 7.79. The molecule has 98 valence electrons. The van der Waals surface area contributed by atoms with Crippen molar-refractivity contribution in [3.63, 3.8) is 0 Å². The zero-order chi connectivity index (χ0) is 13.8. The van der Waals surface area contributed by atoms with Crippen molar-refractivity contribution in [2.24, 2.45) is 10.7 Å². The third-order valence-electron chi connectivity index (χ3n) is 2.43. The molecule has 0 bridgehead atoms. The summed E-state index contributed by atoms with van der Waals surface area (Å²) in [6.45, 7) is 0. The number of aliphatic imine (C=N–C) groups is 1. The molecule has 0 spiro atoms. The van der Waals surface area contributed by atoms with Crippen molar-refractivity contribution in [2.75, 3.05) is 0 Å². The zero-order valence-electron chi connectivity index (χ0n) is 9.65. The molecule has 5 nitrogen and oxygen atoms in total. The van der Waals surface area contributed by atoms with Gasteiger partial charge >= 0.3 is 0 Å². The van der Waals surface area contributed by atoms with Gasteiger partial charge < -0.3 is 10.3 Å². The fourth-order valence-corrected chi connectivity index (χ4v) is 2.37. The summed E-state index contributed by atoms with van der Waals surface area (Å²) in [7, 11) is 0. The van der Waals surface area contributed by atoms with Gasteiger partial charge in [0.05, 0.1) is 16.9 Å². The largest absolute Gasteiger partial charge is 0.390 e. The quantitative estimate of drug-likeness (QED) is 0.394. The van der Waals surface area contributed by atoms with Crippen molar-refractivity contribution in [3.05, 3.63) is 41.7 Å². The Morgan fingerprint density at radius 3 is 2.84 bits per heavy atom. The summed E-state index contributed by atoms with van der Waals surface area (Å²) in [5.41, 5.74) is 6.91. The number of pyridine rings is 1. The molecule has 1 atom stereocenters. The zero-order valence-corrected chi connectivity index (χ0v) is 11.2. The Morgan fingerprint density at radius 1 is 1.42 bits per heavy atom. The first kappa shape index (κ1) is 13.7. The Kier molecular flexibility index (Phi) is 4.26. The standard InChI is InChI=1S/C12H10ClN3O2S/c13-12-9(2-1-5-15-12)8-3-4-10(16-7-14)11(6-8)19(17)18/h1-7H,(H2,14,16)(H,17,18). The third kappa shape index (κ3) is 2.98. The summed E-state index contributed by atoms with van der Waals surface area (Å²) in [6.07, 6.45) is 2.65. The Morgan fingerprint density at radius 2 is 2.21 bits per heavy atom. The van der Waals surface area contributed by atoms with Crippen LogP contribution in [-0.4, -0.2) is 20.1 Å². The lowest BCUT2D eigenvalue weighted by Crippen LogP contribution is -1.93. The molecular formula is C12H10ClN3O2S. The maximum Gasteiger partial charge on any atom is 0.188 e. The van der Waals surface area contributed by atoms with Crippen molar-refractivity contribution in [1.29, 1.82) is 0 Å². The minimum absolute atomic E-state index is 0.166. The van der Waals surface area contributed by atoms with Crippen LogP contribution in [0.2, 0.25) is 5.15 Å². The van der Waals surface area contributed by atoms with E-state index in [-0.39, 0.29) is 4.90 Å². The van der Waals surface area contributed by atoms with E-state index in [1.807, 2.05) is 0 Å². The van der Waals surface area contributed by atoms with Crippen molar-refractivity contribution in [3.8, 4) is 11.1 Å². The molecule has 0 aliphatic rings. The van der Waals surface area contributed by atoms with Crippen LogP contribution in [0.25, 0.3) is 11.1 Å². The van der Waals surface area contributed by atoms with E-state index in [1.165, 1.54) is 0 Å². The molecule has 19 heavy (non-hydrogen) atoms. The van der Waals surface area contributed by atoms with Crippen LogP contribution in [-0.2, 0) is 11.1 Å². The maximum absolute atomic E-state index is 11.3. The fraction of sp³-hybridized carbons (Fsp3) is 0. The van der Waals surface area contributed by atoms with Crippen molar-refractivity contribution in [2.45, 2.75) is 4.90 Å². The van der Waals surface area contributed by atoms with Gasteiger partial charge in [0.15, 0.2) is 11.1 Å². The summed E-state index contributed by atoms with van der Waals surface area (Å²) in [4.78, 5) is 7.97. The third-order valence-corrected chi connectivity index (χ3v) is 3.44. The Balaban J connectivity index is 2.59. The van der Waals surface area contributed by atoms with Crippen LogP contribution in [0.1, 0.15) is 0 Å². The van der Waals surface area contributed by atoms with Gasteiger partial charge in [0.25, 0.3) is 0 Å². The van der Waals surface area contributed by atoms with Crippen molar-refractivity contribution >= 4 is 34.7 Å². The Labute approximate surface area is 117 Å². The maximum atomic E-state index is 11.3.